The molecule has 2 aromatic carbocycles. The van der Waals surface area contributed by atoms with Crippen LogP contribution in [0.3, 0.4) is 0 Å². The van der Waals surface area contributed by atoms with Crippen molar-refractivity contribution in [2.24, 2.45) is 0 Å². The highest BCUT2D eigenvalue weighted by Gasteiger charge is 2.22. The van der Waals surface area contributed by atoms with Crippen molar-refractivity contribution in [2.75, 3.05) is 17.2 Å². The summed E-state index contributed by atoms with van der Waals surface area (Å²) in [5.41, 5.74) is 3.68. The first-order valence-electron chi connectivity index (χ1n) is 10.5. The van der Waals surface area contributed by atoms with Crippen LogP contribution in [-0.2, 0) is 32.5 Å². The van der Waals surface area contributed by atoms with Crippen LogP contribution in [0.1, 0.15) is 30.2 Å². The third-order valence-electron chi connectivity index (χ3n) is 5.66. The van der Waals surface area contributed by atoms with E-state index in [9.17, 15) is 18.0 Å². The van der Waals surface area contributed by atoms with E-state index in [-0.39, 0.29) is 24.5 Å². The second kappa shape index (κ2) is 9.03. The van der Waals surface area contributed by atoms with Gasteiger partial charge in [-0.05, 0) is 60.4 Å². The number of nitrogens with zero attached hydrogens (tertiary/aromatic N) is 2. The summed E-state index contributed by atoms with van der Waals surface area (Å²) in [6.07, 6.45) is 3.99. The first kappa shape index (κ1) is 23.1. The summed E-state index contributed by atoms with van der Waals surface area (Å²) in [4.78, 5) is 24.5. The average Bonchev–Trinajstić information content (AvgIpc) is 3.33. The number of aryl methyl sites for hydroxylation is 1. The molecule has 3 aromatic rings. The molecule has 0 atom stereocenters. The van der Waals surface area contributed by atoms with E-state index in [1.54, 1.807) is 41.3 Å². The van der Waals surface area contributed by atoms with Crippen molar-refractivity contribution in [3.8, 4) is 0 Å². The van der Waals surface area contributed by atoms with Gasteiger partial charge in [-0.2, -0.15) is 0 Å². The molecular formula is C24H23ClN2O5S. The van der Waals surface area contributed by atoms with E-state index in [1.807, 2.05) is 18.2 Å². The van der Waals surface area contributed by atoms with Gasteiger partial charge in [-0.15, -0.1) is 0 Å². The Morgan fingerprint density at radius 3 is 2.67 bits per heavy atom. The Morgan fingerprint density at radius 2 is 1.94 bits per heavy atom. The van der Waals surface area contributed by atoms with Crippen LogP contribution in [0.25, 0.3) is 17.0 Å². The molecule has 0 bridgehead atoms. The summed E-state index contributed by atoms with van der Waals surface area (Å²) in [7, 11) is -3.80. The van der Waals surface area contributed by atoms with Crippen molar-refractivity contribution < 1.29 is 23.1 Å². The Morgan fingerprint density at radius 1 is 1.15 bits per heavy atom. The molecule has 1 aliphatic heterocycles. The van der Waals surface area contributed by atoms with Gasteiger partial charge in [-0.25, -0.2) is 12.4 Å². The highest BCUT2D eigenvalue weighted by molar-refractivity contribution is 7.90. The van der Waals surface area contributed by atoms with Crippen molar-refractivity contribution in [2.45, 2.75) is 26.2 Å². The maximum Gasteiger partial charge on any atom is 0.303 e. The number of amides is 1. The monoisotopic (exact) mass is 486 g/mol. The van der Waals surface area contributed by atoms with Crippen LogP contribution in [0, 0.1) is 0 Å². The maximum atomic E-state index is 13.2. The SMILES string of the molecule is CC(=O)N1CCc2cc(C=CCS(=O)(=O)n3c(CCC(=O)O)cc4cc(Cl)ccc43)ccc21. The summed E-state index contributed by atoms with van der Waals surface area (Å²) >= 11 is 6.05. The Labute approximate surface area is 196 Å². The minimum Gasteiger partial charge on any atom is -0.481 e. The van der Waals surface area contributed by atoms with Crippen molar-refractivity contribution in [3.63, 3.8) is 0 Å². The standard InChI is InChI=1S/C24H23ClN2O5S/c1-16(28)26-11-10-18-13-17(4-7-22(18)26)3-2-12-33(31,32)27-21(6-9-24(29)30)15-19-14-20(25)5-8-23(19)27/h2-5,7-8,13-15H,6,9-12H2,1H3,(H,29,30). The van der Waals surface area contributed by atoms with Crippen molar-refractivity contribution >= 4 is 56.2 Å². The number of carbonyl (C=O) groups is 2. The number of carboxylic acids is 1. The molecule has 1 aromatic heterocycles. The van der Waals surface area contributed by atoms with Gasteiger partial charge in [0.1, 0.15) is 0 Å². The van der Waals surface area contributed by atoms with Crippen LogP contribution < -0.4 is 4.90 Å². The molecule has 2 heterocycles. The van der Waals surface area contributed by atoms with Gasteiger partial charge in [0.05, 0.1) is 17.7 Å². The molecule has 0 unspecified atom stereocenters. The molecule has 0 fully saturated rings. The van der Waals surface area contributed by atoms with E-state index in [0.717, 1.165) is 23.2 Å². The summed E-state index contributed by atoms with van der Waals surface area (Å²) < 4.78 is 27.7. The van der Waals surface area contributed by atoms with Crippen LogP contribution in [0.15, 0.2) is 48.5 Å². The van der Waals surface area contributed by atoms with Gasteiger partial charge in [0.2, 0.25) is 15.9 Å². The van der Waals surface area contributed by atoms with Crippen LogP contribution in [0.2, 0.25) is 5.02 Å². The predicted octanol–water partition coefficient (Wildman–Crippen LogP) is 4.11. The first-order valence-corrected chi connectivity index (χ1v) is 12.5. The zero-order valence-electron chi connectivity index (χ0n) is 18.0. The minimum absolute atomic E-state index is 0.00192. The normalized spacial score (nSPS) is 13.7. The fourth-order valence-electron chi connectivity index (χ4n) is 4.19. The number of carboxylic acid groups (broad SMARTS) is 1. The molecule has 7 nitrogen and oxygen atoms in total. The number of hydrogen-bond donors (Lipinski definition) is 1. The molecule has 33 heavy (non-hydrogen) atoms. The lowest BCUT2D eigenvalue weighted by Crippen LogP contribution is -2.25. The number of fused-ring (bicyclic) bond motifs is 2. The summed E-state index contributed by atoms with van der Waals surface area (Å²) in [6.45, 7) is 2.19. The number of hydrogen-bond acceptors (Lipinski definition) is 4. The molecule has 0 saturated carbocycles. The molecule has 1 N–H and O–H groups in total. The van der Waals surface area contributed by atoms with Crippen molar-refractivity contribution in [1.29, 1.82) is 0 Å². The molecular weight excluding hydrogens is 464 g/mol. The lowest BCUT2D eigenvalue weighted by molar-refractivity contribution is -0.137. The Balaban J connectivity index is 1.60. The minimum atomic E-state index is -3.80. The van der Waals surface area contributed by atoms with E-state index in [0.29, 0.717) is 28.2 Å². The van der Waals surface area contributed by atoms with Gasteiger partial charge in [0.25, 0.3) is 0 Å². The summed E-state index contributed by atoms with van der Waals surface area (Å²) in [6, 6.07) is 12.3. The van der Waals surface area contributed by atoms with E-state index in [1.165, 1.54) is 10.9 Å². The number of carbonyl (C=O) groups excluding carboxylic acids is 1. The summed E-state index contributed by atoms with van der Waals surface area (Å²) in [5.74, 6) is -1.25. The number of rotatable bonds is 7. The smallest absolute Gasteiger partial charge is 0.303 e. The number of benzene rings is 2. The van der Waals surface area contributed by atoms with Crippen LogP contribution in [0.4, 0.5) is 5.69 Å². The Hall–Kier alpha value is -3.10. The molecule has 0 saturated heterocycles. The second-order valence-corrected chi connectivity index (χ2v) is 10.3. The topological polar surface area (TPSA) is 96.7 Å². The highest BCUT2D eigenvalue weighted by Crippen LogP contribution is 2.30. The highest BCUT2D eigenvalue weighted by atomic mass is 35.5. The lowest BCUT2D eigenvalue weighted by Gasteiger charge is -2.14. The number of aromatic nitrogens is 1. The van der Waals surface area contributed by atoms with E-state index < -0.39 is 16.0 Å². The fraction of sp³-hybridized carbons (Fsp3) is 0.250. The Kier molecular flexibility index (Phi) is 6.32. The molecule has 4 rings (SSSR count). The average molecular weight is 487 g/mol. The molecule has 0 aliphatic carbocycles. The second-order valence-electron chi connectivity index (χ2n) is 7.99. The van der Waals surface area contributed by atoms with Gasteiger partial charge in [-0.1, -0.05) is 29.8 Å². The van der Waals surface area contributed by atoms with E-state index in [4.69, 9.17) is 16.7 Å². The van der Waals surface area contributed by atoms with Gasteiger partial charge >= 0.3 is 5.97 Å². The third kappa shape index (κ3) is 4.82. The van der Waals surface area contributed by atoms with Crippen LogP contribution >= 0.6 is 11.6 Å². The van der Waals surface area contributed by atoms with Crippen molar-refractivity contribution in [3.05, 3.63) is 70.4 Å². The molecule has 172 valence electrons. The number of aliphatic carboxylic acids is 1. The number of halogens is 1. The molecule has 0 spiro atoms. The van der Waals surface area contributed by atoms with Crippen LogP contribution in [0.5, 0.6) is 0 Å². The lowest BCUT2D eigenvalue weighted by atomic mass is 10.1. The van der Waals surface area contributed by atoms with E-state index in [2.05, 4.69) is 0 Å². The zero-order chi connectivity index (χ0) is 23.8. The van der Waals surface area contributed by atoms with Gasteiger partial charge < -0.3 is 10.0 Å². The third-order valence-corrected chi connectivity index (χ3v) is 7.50. The zero-order valence-corrected chi connectivity index (χ0v) is 19.6. The fourth-order valence-corrected chi connectivity index (χ4v) is 5.83. The molecule has 0 radical (unpaired) electrons. The largest absolute Gasteiger partial charge is 0.481 e. The van der Waals surface area contributed by atoms with Crippen LogP contribution in [-0.4, -0.2) is 41.7 Å². The Bertz CT molecular complexity index is 1390. The quantitative estimate of drug-likeness (QED) is 0.542. The van der Waals surface area contributed by atoms with Gasteiger partial charge in [-0.3, -0.25) is 9.59 Å². The van der Waals surface area contributed by atoms with Gasteiger partial charge in [0, 0.05) is 35.3 Å². The summed E-state index contributed by atoms with van der Waals surface area (Å²) in [5, 5.41) is 10.2. The maximum absolute atomic E-state index is 13.2. The first-order chi connectivity index (χ1) is 15.7. The van der Waals surface area contributed by atoms with Gasteiger partial charge in [0.15, 0.2) is 0 Å². The molecule has 9 heteroatoms. The number of anilines is 1. The predicted molar refractivity (Wildman–Crippen MR) is 129 cm³/mol. The molecule has 1 amide bonds. The molecule has 1 aliphatic rings. The van der Waals surface area contributed by atoms with Crippen molar-refractivity contribution in [1.82, 2.24) is 3.97 Å². The van der Waals surface area contributed by atoms with E-state index >= 15 is 0 Å².